The van der Waals surface area contributed by atoms with Gasteiger partial charge in [0.25, 0.3) is 0 Å². The largest absolute Gasteiger partial charge is 0.469 e. The van der Waals surface area contributed by atoms with E-state index in [0.29, 0.717) is 6.04 Å². The van der Waals surface area contributed by atoms with Crippen LogP contribution in [0, 0.1) is 5.92 Å². The summed E-state index contributed by atoms with van der Waals surface area (Å²) in [7, 11) is 1.42. The summed E-state index contributed by atoms with van der Waals surface area (Å²) >= 11 is 0. The molecule has 9 heavy (non-hydrogen) atoms. The van der Waals surface area contributed by atoms with Gasteiger partial charge in [-0.3, -0.25) is 4.79 Å². The Morgan fingerprint density at radius 1 is 1.78 bits per heavy atom. The molecule has 3 nitrogen and oxygen atoms in total. The van der Waals surface area contributed by atoms with Crippen LogP contribution in [0.3, 0.4) is 0 Å². The number of methoxy groups -OCH3 is 1. The van der Waals surface area contributed by atoms with Gasteiger partial charge in [-0.2, -0.15) is 0 Å². The van der Waals surface area contributed by atoms with E-state index in [1.165, 1.54) is 7.11 Å². The van der Waals surface area contributed by atoms with Crippen LogP contribution in [0.1, 0.15) is 6.92 Å². The van der Waals surface area contributed by atoms with E-state index < -0.39 is 0 Å². The molecule has 0 saturated carbocycles. The van der Waals surface area contributed by atoms with Gasteiger partial charge in [0, 0.05) is 12.6 Å². The first-order valence-electron chi connectivity index (χ1n) is 3.07. The molecule has 1 fully saturated rings. The normalized spacial score (nSPS) is 33.1. The Morgan fingerprint density at radius 3 is 2.56 bits per heavy atom. The highest BCUT2D eigenvalue weighted by molar-refractivity contribution is 5.74. The van der Waals surface area contributed by atoms with Crippen molar-refractivity contribution in [3.05, 3.63) is 0 Å². The van der Waals surface area contributed by atoms with Crippen molar-refractivity contribution in [3.63, 3.8) is 0 Å². The lowest BCUT2D eigenvalue weighted by Crippen LogP contribution is -2.54. The lowest BCUT2D eigenvalue weighted by atomic mass is 9.94. The highest BCUT2D eigenvalue weighted by Gasteiger charge is 2.33. The van der Waals surface area contributed by atoms with Gasteiger partial charge in [0.05, 0.1) is 13.0 Å². The van der Waals surface area contributed by atoms with Gasteiger partial charge in [-0.1, -0.05) is 0 Å². The van der Waals surface area contributed by atoms with E-state index in [4.69, 9.17) is 0 Å². The van der Waals surface area contributed by atoms with Gasteiger partial charge in [0.1, 0.15) is 0 Å². The van der Waals surface area contributed by atoms with Crippen molar-refractivity contribution in [3.8, 4) is 0 Å². The number of rotatable bonds is 1. The third-order valence-corrected chi connectivity index (χ3v) is 1.77. The zero-order chi connectivity index (χ0) is 6.85. The summed E-state index contributed by atoms with van der Waals surface area (Å²) in [6.45, 7) is 2.75. The molecule has 1 aliphatic rings. The van der Waals surface area contributed by atoms with Crippen molar-refractivity contribution < 1.29 is 9.53 Å². The fourth-order valence-electron chi connectivity index (χ4n) is 0.910. The molecule has 52 valence electrons. The average molecular weight is 129 g/mol. The Bertz CT molecular complexity index is 124. The molecule has 3 heteroatoms. The van der Waals surface area contributed by atoms with E-state index in [0.717, 1.165) is 6.54 Å². The van der Waals surface area contributed by atoms with Gasteiger partial charge >= 0.3 is 5.97 Å². The number of nitrogens with one attached hydrogen (secondary N) is 1. The Hall–Kier alpha value is -0.570. The maximum Gasteiger partial charge on any atom is 0.311 e. The number of carbonyl (C=O) groups excluding carboxylic acids is 1. The van der Waals surface area contributed by atoms with E-state index in [-0.39, 0.29) is 11.9 Å². The second-order valence-electron chi connectivity index (χ2n) is 2.33. The van der Waals surface area contributed by atoms with Crippen molar-refractivity contribution in [2.24, 2.45) is 5.92 Å². The van der Waals surface area contributed by atoms with Crippen molar-refractivity contribution in [1.29, 1.82) is 0 Å². The van der Waals surface area contributed by atoms with Crippen LogP contribution in [0.5, 0.6) is 0 Å². The first-order chi connectivity index (χ1) is 4.25. The molecule has 0 aromatic carbocycles. The van der Waals surface area contributed by atoms with Crippen molar-refractivity contribution >= 4 is 5.97 Å². The zero-order valence-corrected chi connectivity index (χ0v) is 5.68. The topological polar surface area (TPSA) is 38.3 Å². The molecule has 2 unspecified atom stereocenters. The van der Waals surface area contributed by atoms with Gasteiger partial charge in [-0.15, -0.1) is 0 Å². The minimum Gasteiger partial charge on any atom is -0.469 e. The Morgan fingerprint density at radius 2 is 2.44 bits per heavy atom. The fraction of sp³-hybridized carbons (Fsp3) is 0.833. The molecule has 0 spiro atoms. The van der Waals surface area contributed by atoms with Gasteiger partial charge in [0.2, 0.25) is 0 Å². The molecule has 0 amide bonds. The molecular weight excluding hydrogens is 118 g/mol. The second kappa shape index (κ2) is 2.35. The van der Waals surface area contributed by atoms with Crippen LogP contribution in [0.25, 0.3) is 0 Å². The molecule has 1 N–H and O–H groups in total. The van der Waals surface area contributed by atoms with Gasteiger partial charge in [0.15, 0.2) is 0 Å². The van der Waals surface area contributed by atoms with E-state index in [1.54, 1.807) is 0 Å². The Labute approximate surface area is 54.4 Å². The molecule has 0 aromatic heterocycles. The Kier molecular flexibility index (Phi) is 1.71. The first kappa shape index (κ1) is 6.55. The quantitative estimate of drug-likeness (QED) is 0.497. The second-order valence-corrected chi connectivity index (χ2v) is 2.33. The van der Waals surface area contributed by atoms with Crippen molar-refractivity contribution in [2.75, 3.05) is 13.7 Å². The van der Waals surface area contributed by atoms with Crippen LogP contribution >= 0.6 is 0 Å². The van der Waals surface area contributed by atoms with Gasteiger partial charge in [-0.05, 0) is 6.92 Å². The van der Waals surface area contributed by atoms with Crippen LogP contribution in [-0.4, -0.2) is 25.7 Å². The zero-order valence-electron chi connectivity index (χ0n) is 5.68. The van der Waals surface area contributed by atoms with Gasteiger partial charge < -0.3 is 10.1 Å². The Balaban J connectivity index is 2.35. The first-order valence-corrected chi connectivity index (χ1v) is 3.07. The van der Waals surface area contributed by atoms with Gasteiger partial charge in [-0.25, -0.2) is 0 Å². The van der Waals surface area contributed by atoms with Crippen molar-refractivity contribution in [1.82, 2.24) is 5.32 Å². The molecule has 1 saturated heterocycles. The third kappa shape index (κ3) is 1.05. The van der Waals surface area contributed by atoms with E-state index >= 15 is 0 Å². The lowest BCUT2D eigenvalue weighted by molar-refractivity contribution is -0.148. The smallest absolute Gasteiger partial charge is 0.311 e. The molecule has 0 bridgehead atoms. The predicted octanol–water partition coefficient (Wildman–Crippen LogP) is -0.233. The number of carbonyl (C=O) groups is 1. The SMILES string of the molecule is COC(=O)C1CNC1C. The minimum atomic E-state index is -0.0961. The number of esters is 1. The summed E-state index contributed by atoms with van der Waals surface area (Å²) in [4.78, 5) is 10.7. The molecule has 1 heterocycles. The summed E-state index contributed by atoms with van der Waals surface area (Å²) < 4.78 is 4.55. The highest BCUT2D eigenvalue weighted by atomic mass is 16.5. The maximum absolute atomic E-state index is 10.7. The monoisotopic (exact) mass is 129 g/mol. The summed E-state index contributed by atoms with van der Waals surface area (Å²) in [5, 5.41) is 3.07. The van der Waals surface area contributed by atoms with Crippen molar-refractivity contribution in [2.45, 2.75) is 13.0 Å². The van der Waals surface area contributed by atoms with Crippen LogP contribution in [0.2, 0.25) is 0 Å². The highest BCUT2D eigenvalue weighted by Crippen LogP contribution is 2.12. The molecule has 0 aromatic rings. The summed E-state index contributed by atoms with van der Waals surface area (Å²) in [5.74, 6) is -0.00347. The van der Waals surface area contributed by atoms with Crippen LogP contribution in [0.4, 0.5) is 0 Å². The van der Waals surface area contributed by atoms with E-state index in [9.17, 15) is 4.79 Å². The molecule has 1 rings (SSSR count). The van der Waals surface area contributed by atoms with E-state index in [1.807, 2.05) is 6.92 Å². The number of hydrogen-bond donors (Lipinski definition) is 1. The molecule has 2 atom stereocenters. The molecule has 0 aliphatic carbocycles. The third-order valence-electron chi connectivity index (χ3n) is 1.77. The lowest BCUT2D eigenvalue weighted by Gasteiger charge is -2.32. The molecule has 1 aliphatic heterocycles. The van der Waals surface area contributed by atoms with Crippen LogP contribution < -0.4 is 5.32 Å². The summed E-state index contributed by atoms with van der Waals surface area (Å²) in [5.41, 5.74) is 0. The standard InChI is InChI=1S/C6H11NO2/c1-4-5(3-7-4)6(8)9-2/h4-5,7H,3H2,1-2H3. The number of ether oxygens (including phenoxy) is 1. The maximum atomic E-state index is 10.7. The molecule has 0 radical (unpaired) electrons. The minimum absolute atomic E-state index is 0.0926. The van der Waals surface area contributed by atoms with E-state index in [2.05, 4.69) is 10.1 Å². The van der Waals surface area contributed by atoms with Crippen LogP contribution in [0.15, 0.2) is 0 Å². The summed E-state index contributed by atoms with van der Waals surface area (Å²) in [6.07, 6.45) is 0. The molecular formula is C6H11NO2. The summed E-state index contributed by atoms with van der Waals surface area (Å²) in [6, 6.07) is 0.303. The predicted molar refractivity (Wildman–Crippen MR) is 33.0 cm³/mol. The average Bonchev–Trinajstić information content (AvgIpc) is 1.84. The van der Waals surface area contributed by atoms with Crippen LogP contribution in [-0.2, 0) is 9.53 Å². The fourth-order valence-corrected chi connectivity index (χ4v) is 0.910. The number of hydrogen-bond acceptors (Lipinski definition) is 3.